The van der Waals surface area contributed by atoms with Gasteiger partial charge in [-0.05, 0) is 23.5 Å². The van der Waals surface area contributed by atoms with Crippen LogP contribution < -0.4 is 0 Å². The lowest BCUT2D eigenvalue weighted by Gasteiger charge is -2.36. The first kappa shape index (κ1) is 19.4. The predicted octanol–water partition coefficient (Wildman–Crippen LogP) is 5.64. The summed E-state index contributed by atoms with van der Waals surface area (Å²) in [6, 6.07) is 20.6. The van der Waals surface area contributed by atoms with E-state index in [0.717, 1.165) is 6.42 Å². The Bertz CT molecular complexity index is 559. The summed E-state index contributed by atoms with van der Waals surface area (Å²) in [6.45, 7) is 11.0. The van der Waals surface area contributed by atoms with Gasteiger partial charge in [-0.25, -0.2) is 0 Å². The van der Waals surface area contributed by atoms with Crippen molar-refractivity contribution in [3.05, 3.63) is 84.4 Å². The third-order valence-corrected chi connectivity index (χ3v) is 4.78. The van der Waals surface area contributed by atoms with Crippen LogP contribution in [0, 0.1) is 11.3 Å². The van der Waals surface area contributed by atoms with Gasteiger partial charge in [0.05, 0.1) is 26.4 Å². The standard InChI is InChI=1S/C23H30O2/c1-4-15-23(20(2)3,18-24-16-21-11-7-5-8-12-21)19-25-17-22-13-9-6-10-14-22/h4-14,20H,1,15-19H2,2-3H3. The van der Waals surface area contributed by atoms with E-state index in [1.165, 1.54) is 11.1 Å². The van der Waals surface area contributed by atoms with Crippen molar-refractivity contribution in [1.82, 2.24) is 0 Å². The SMILES string of the molecule is C=CCC(COCc1ccccc1)(COCc1ccccc1)C(C)C. The fraction of sp³-hybridized carbons (Fsp3) is 0.391. The Hall–Kier alpha value is -1.90. The van der Waals surface area contributed by atoms with Crippen LogP contribution in [0.4, 0.5) is 0 Å². The van der Waals surface area contributed by atoms with Gasteiger partial charge >= 0.3 is 0 Å². The number of hydrogen-bond donors (Lipinski definition) is 0. The minimum Gasteiger partial charge on any atom is -0.376 e. The highest BCUT2D eigenvalue weighted by atomic mass is 16.5. The summed E-state index contributed by atoms with van der Waals surface area (Å²) in [5, 5.41) is 0. The number of benzene rings is 2. The van der Waals surface area contributed by atoms with Crippen LogP contribution in [-0.2, 0) is 22.7 Å². The Morgan fingerprint density at radius 1 is 0.840 bits per heavy atom. The van der Waals surface area contributed by atoms with Gasteiger partial charge in [-0.2, -0.15) is 0 Å². The average molecular weight is 338 g/mol. The smallest absolute Gasteiger partial charge is 0.0717 e. The van der Waals surface area contributed by atoms with E-state index < -0.39 is 0 Å². The van der Waals surface area contributed by atoms with E-state index in [-0.39, 0.29) is 5.41 Å². The lowest BCUT2D eigenvalue weighted by Crippen LogP contribution is -2.37. The first-order valence-corrected chi connectivity index (χ1v) is 9.00. The molecule has 2 aromatic rings. The maximum atomic E-state index is 6.07. The summed E-state index contributed by atoms with van der Waals surface area (Å²) >= 11 is 0. The summed E-state index contributed by atoms with van der Waals surface area (Å²) in [5.41, 5.74) is 2.35. The number of rotatable bonds is 11. The van der Waals surface area contributed by atoms with Gasteiger partial charge < -0.3 is 9.47 Å². The second kappa shape index (κ2) is 10.2. The Morgan fingerprint density at radius 2 is 1.28 bits per heavy atom. The fourth-order valence-corrected chi connectivity index (χ4v) is 2.91. The number of allylic oxidation sites excluding steroid dienone is 1. The Balaban J connectivity index is 1.93. The van der Waals surface area contributed by atoms with Crippen molar-refractivity contribution >= 4 is 0 Å². The summed E-state index contributed by atoms with van der Waals surface area (Å²) in [4.78, 5) is 0. The van der Waals surface area contributed by atoms with Crippen LogP contribution in [0.25, 0.3) is 0 Å². The van der Waals surface area contributed by atoms with Crippen molar-refractivity contribution in [2.24, 2.45) is 11.3 Å². The molecule has 0 aliphatic rings. The molecule has 0 heterocycles. The molecule has 2 nitrogen and oxygen atoms in total. The van der Waals surface area contributed by atoms with E-state index in [0.29, 0.717) is 32.3 Å². The molecule has 0 aromatic heterocycles. The number of hydrogen-bond acceptors (Lipinski definition) is 2. The normalized spacial score (nSPS) is 11.6. The summed E-state index contributed by atoms with van der Waals surface area (Å²) < 4.78 is 12.1. The first-order valence-electron chi connectivity index (χ1n) is 9.00. The summed E-state index contributed by atoms with van der Waals surface area (Å²) in [5.74, 6) is 0.442. The molecular weight excluding hydrogens is 308 g/mol. The molecule has 0 fully saturated rings. The molecule has 25 heavy (non-hydrogen) atoms. The molecular formula is C23H30O2. The minimum absolute atomic E-state index is 0.0503. The molecule has 0 radical (unpaired) electrons. The largest absolute Gasteiger partial charge is 0.376 e. The average Bonchev–Trinajstić information content (AvgIpc) is 2.63. The topological polar surface area (TPSA) is 18.5 Å². The molecule has 0 amide bonds. The van der Waals surface area contributed by atoms with E-state index in [1.807, 2.05) is 42.5 Å². The van der Waals surface area contributed by atoms with Gasteiger partial charge in [0.1, 0.15) is 0 Å². The van der Waals surface area contributed by atoms with Crippen molar-refractivity contribution in [1.29, 1.82) is 0 Å². The molecule has 0 unspecified atom stereocenters. The second-order valence-electron chi connectivity index (χ2n) is 6.97. The minimum atomic E-state index is -0.0503. The molecule has 0 bridgehead atoms. The van der Waals surface area contributed by atoms with Crippen molar-refractivity contribution in [2.45, 2.75) is 33.5 Å². The molecule has 0 aliphatic carbocycles. The van der Waals surface area contributed by atoms with Gasteiger partial charge in [-0.15, -0.1) is 6.58 Å². The molecule has 2 heteroatoms. The molecule has 0 aliphatic heterocycles. The van der Waals surface area contributed by atoms with Gasteiger partial charge in [0.25, 0.3) is 0 Å². The van der Waals surface area contributed by atoms with E-state index in [9.17, 15) is 0 Å². The van der Waals surface area contributed by atoms with Crippen LogP contribution in [0.5, 0.6) is 0 Å². The Kier molecular flexibility index (Phi) is 7.90. The van der Waals surface area contributed by atoms with Crippen LogP contribution in [0.2, 0.25) is 0 Å². The van der Waals surface area contributed by atoms with Crippen molar-refractivity contribution in [3.63, 3.8) is 0 Å². The summed E-state index contributed by atoms with van der Waals surface area (Å²) in [6.07, 6.45) is 2.87. The van der Waals surface area contributed by atoms with Crippen LogP contribution in [-0.4, -0.2) is 13.2 Å². The lowest BCUT2D eigenvalue weighted by atomic mass is 9.76. The van der Waals surface area contributed by atoms with Gasteiger partial charge in [-0.1, -0.05) is 80.6 Å². The molecule has 0 atom stereocenters. The molecule has 2 aromatic carbocycles. The molecule has 0 saturated heterocycles. The monoisotopic (exact) mass is 338 g/mol. The maximum Gasteiger partial charge on any atom is 0.0717 e. The van der Waals surface area contributed by atoms with Crippen molar-refractivity contribution < 1.29 is 9.47 Å². The van der Waals surface area contributed by atoms with Crippen LogP contribution in [0.1, 0.15) is 31.4 Å². The maximum absolute atomic E-state index is 6.07. The van der Waals surface area contributed by atoms with Crippen molar-refractivity contribution in [2.75, 3.05) is 13.2 Å². The number of ether oxygens (including phenoxy) is 2. The Morgan fingerprint density at radius 3 is 1.64 bits per heavy atom. The zero-order valence-corrected chi connectivity index (χ0v) is 15.5. The second-order valence-corrected chi connectivity index (χ2v) is 6.97. The zero-order chi connectivity index (χ0) is 18.0. The fourth-order valence-electron chi connectivity index (χ4n) is 2.91. The molecule has 0 spiro atoms. The third kappa shape index (κ3) is 6.15. The zero-order valence-electron chi connectivity index (χ0n) is 15.5. The third-order valence-electron chi connectivity index (χ3n) is 4.78. The molecule has 0 saturated carbocycles. The lowest BCUT2D eigenvalue weighted by molar-refractivity contribution is -0.0558. The van der Waals surface area contributed by atoms with Gasteiger partial charge in [0.2, 0.25) is 0 Å². The van der Waals surface area contributed by atoms with Gasteiger partial charge in [0, 0.05) is 5.41 Å². The first-order chi connectivity index (χ1) is 12.2. The van der Waals surface area contributed by atoms with E-state index in [2.05, 4.69) is 44.7 Å². The van der Waals surface area contributed by atoms with Crippen LogP contribution in [0.3, 0.4) is 0 Å². The quantitative estimate of drug-likeness (QED) is 0.494. The Labute approximate surface area is 152 Å². The molecule has 0 N–H and O–H groups in total. The highest BCUT2D eigenvalue weighted by Gasteiger charge is 2.33. The van der Waals surface area contributed by atoms with Crippen LogP contribution in [0.15, 0.2) is 73.3 Å². The van der Waals surface area contributed by atoms with E-state index in [1.54, 1.807) is 0 Å². The molecule has 2 rings (SSSR count). The van der Waals surface area contributed by atoms with Crippen LogP contribution >= 0.6 is 0 Å². The van der Waals surface area contributed by atoms with E-state index >= 15 is 0 Å². The highest BCUT2D eigenvalue weighted by molar-refractivity contribution is 5.14. The highest BCUT2D eigenvalue weighted by Crippen LogP contribution is 2.33. The predicted molar refractivity (Wildman–Crippen MR) is 104 cm³/mol. The molecule has 134 valence electrons. The van der Waals surface area contributed by atoms with Crippen molar-refractivity contribution in [3.8, 4) is 0 Å². The van der Waals surface area contributed by atoms with Gasteiger partial charge in [-0.3, -0.25) is 0 Å². The summed E-state index contributed by atoms with van der Waals surface area (Å²) in [7, 11) is 0. The van der Waals surface area contributed by atoms with E-state index in [4.69, 9.17) is 9.47 Å². The van der Waals surface area contributed by atoms with Gasteiger partial charge in [0.15, 0.2) is 0 Å².